The van der Waals surface area contributed by atoms with E-state index in [1.54, 1.807) is 5.57 Å². The van der Waals surface area contributed by atoms with Crippen molar-refractivity contribution < 1.29 is 15.3 Å². The first-order valence-corrected chi connectivity index (χ1v) is 12.2. The summed E-state index contributed by atoms with van der Waals surface area (Å²) in [6, 6.07) is 0. The fourth-order valence-corrected chi connectivity index (χ4v) is 6.74. The maximum Gasteiger partial charge on any atom is 0.0811 e. The summed E-state index contributed by atoms with van der Waals surface area (Å²) in [6.45, 7) is 12.8. The molecule has 0 aromatic rings. The van der Waals surface area contributed by atoms with E-state index >= 15 is 0 Å². The second kappa shape index (κ2) is 9.30. The summed E-state index contributed by atoms with van der Waals surface area (Å²) in [5.74, 6) is 2.11. The van der Waals surface area contributed by atoms with Crippen LogP contribution < -0.4 is 0 Å². The highest BCUT2D eigenvalue weighted by Crippen LogP contribution is 2.60. The molecule has 3 fully saturated rings. The summed E-state index contributed by atoms with van der Waals surface area (Å²) in [4.78, 5) is 0. The fraction of sp³-hybridized carbons (Fsp3) is 0.778. The van der Waals surface area contributed by atoms with Crippen molar-refractivity contribution >= 4 is 0 Å². The van der Waals surface area contributed by atoms with Crippen molar-refractivity contribution in [1.29, 1.82) is 0 Å². The molecule has 3 heteroatoms. The van der Waals surface area contributed by atoms with Gasteiger partial charge in [-0.15, -0.1) is 0 Å². The van der Waals surface area contributed by atoms with E-state index in [0.29, 0.717) is 30.1 Å². The molecule has 3 saturated carbocycles. The van der Waals surface area contributed by atoms with Gasteiger partial charge in [0.1, 0.15) is 0 Å². The lowest BCUT2D eigenvalue weighted by Crippen LogP contribution is -2.36. The molecule has 0 spiro atoms. The van der Waals surface area contributed by atoms with Gasteiger partial charge in [0.25, 0.3) is 0 Å². The average molecular weight is 417 g/mol. The third-order valence-corrected chi connectivity index (χ3v) is 8.44. The minimum absolute atomic E-state index is 0.374. The molecule has 0 aromatic heterocycles. The summed E-state index contributed by atoms with van der Waals surface area (Å²) in [5, 5.41) is 30.2. The lowest BCUT2D eigenvalue weighted by Gasteiger charge is -2.44. The minimum atomic E-state index is -0.615. The molecule has 3 nitrogen and oxygen atoms in total. The Balaban J connectivity index is 1.70. The van der Waals surface area contributed by atoms with Crippen LogP contribution in [0, 0.1) is 23.2 Å². The van der Waals surface area contributed by atoms with Gasteiger partial charge in [-0.1, -0.05) is 51.0 Å². The van der Waals surface area contributed by atoms with E-state index in [9.17, 15) is 15.3 Å². The third kappa shape index (κ3) is 5.29. The molecule has 0 amide bonds. The van der Waals surface area contributed by atoms with Gasteiger partial charge in [0.15, 0.2) is 0 Å². The van der Waals surface area contributed by atoms with Crippen LogP contribution in [0.15, 0.2) is 35.5 Å². The maximum atomic E-state index is 10.1. The Bertz CT molecular complexity index is 683. The molecular weight excluding hydrogens is 372 g/mol. The molecular formula is C27H44O3. The Labute approximate surface area is 184 Å². The van der Waals surface area contributed by atoms with Crippen LogP contribution in [0.5, 0.6) is 0 Å². The van der Waals surface area contributed by atoms with Crippen LogP contribution in [0.4, 0.5) is 0 Å². The molecule has 0 unspecified atom stereocenters. The molecule has 0 radical (unpaired) electrons. The van der Waals surface area contributed by atoms with E-state index in [0.717, 1.165) is 29.9 Å². The lowest BCUT2D eigenvalue weighted by molar-refractivity contribution is 0.0596. The molecule has 0 heterocycles. The number of aliphatic hydroxyl groups is 3. The Morgan fingerprint density at radius 1 is 1.23 bits per heavy atom. The van der Waals surface area contributed by atoms with Gasteiger partial charge in [-0.3, -0.25) is 0 Å². The molecule has 6 atom stereocenters. The van der Waals surface area contributed by atoms with Crippen molar-refractivity contribution in [3.63, 3.8) is 0 Å². The van der Waals surface area contributed by atoms with Crippen molar-refractivity contribution in [3.05, 3.63) is 35.5 Å². The van der Waals surface area contributed by atoms with Crippen molar-refractivity contribution in [1.82, 2.24) is 0 Å². The summed E-state index contributed by atoms with van der Waals surface area (Å²) in [6.07, 6.45) is 13.9. The van der Waals surface area contributed by atoms with E-state index in [1.165, 1.54) is 38.5 Å². The van der Waals surface area contributed by atoms with Crippen LogP contribution in [0.1, 0.15) is 91.9 Å². The van der Waals surface area contributed by atoms with Crippen molar-refractivity contribution in [2.45, 2.75) is 110 Å². The van der Waals surface area contributed by atoms with Gasteiger partial charge in [-0.25, -0.2) is 0 Å². The Morgan fingerprint density at radius 3 is 2.67 bits per heavy atom. The molecule has 30 heavy (non-hydrogen) atoms. The van der Waals surface area contributed by atoms with Gasteiger partial charge in [-0.05, 0) is 93.1 Å². The van der Waals surface area contributed by atoms with Gasteiger partial charge in [0.2, 0.25) is 0 Å². The normalized spacial score (nSPS) is 38.8. The van der Waals surface area contributed by atoms with E-state index in [-0.39, 0.29) is 0 Å². The molecule has 0 bridgehead atoms. The number of rotatable bonds is 6. The average Bonchev–Trinajstić information content (AvgIpc) is 3.00. The fourth-order valence-electron chi connectivity index (χ4n) is 6.74. The van der Waals surface area contributed by atoms with Gasteiger partial charge in [0, 0.05) is 6.42 Å². The second-order valence-electron chi connectivity index (χ2n) is 11.3. The zero-order chi connectivity index (χ0) is 22.1. The highest BCUT2D eigenvalue weighted by molar-refractivity contribution is 5.38. The SMILES string of the molecule is C=C1C(=C/C=C2\CCC[C@]3(C)[C@@H]([C@H](C)CCCC(C)(C)O)CC[C@@H]23)C[C@H](O)C[C@@H]1O. The van der Waals surface area contributed by atoms with Crippen LogP contribution in [-0.2, 0) is 0 Å². The molecule has 3 aliphatic carbocycles. The molecule has 0 aromatic carbocycles. The van der Waals surface area contributed by atoms with E-state index in [4.69, 9.17) is 0 Å². The summed E-state index contributed by atoms with van der Waals surface area (Å²) >= 11 is 0. The summed E-state index contributed by atoms with van der Waals surface area (Å²) in [7, 11) is 0. The predicted octanol–water partition coefficient (Wildman–Crippen LogP) is 5.70. The van der Waals surface area contributed by atoms with E-state index in [2.05, 4.69) is 32.6 Å². The molecule has 3 N–H and O–H groups in total. The number of allylic oxidation sites excluding steroid dienone is 3. The third-order valence-electron chi connectivity index (χ3n) is 8.44. The zero-order valence-electron chi connectivity index (χ0n) is 19.7. The zero-order valence-corrected chi connectivity index (χ0v) is 19.7. The number of fused-ring (bicyclic) bond motifs is 1. The largest absolute Gasteiger partial charge is 0.393 e. The van der Waals surface area contributed by atoms with Gasteiger partial charge < -0.3 is 15.3 Å². The van der Waals surface area contributed by atoms with Gasteiger partial charge in [-0.2, -0.15) is 0 Å². The Morgan fingerprint density at radius 2 is 1.97 bits per heavy atom. The monoisotopic (exact) mass is 416 g/mol. The van der Waals surface area contributed by atoms with Crippen molar-refractivity contribution in [3.8, 4) is 0 Å². The summed E-state index contributed by atoms with van der Waals surface area (Å²) < 4.78 is 0. The number of hydrogen-bond donors (Lipinski definition) is 3. The smallest absolute Gasteiger partial charge is 0.0811 e. The minimum Gasteiger partial charge on any atom is -0.393 e. The molecule has 3 rings (SSSR count). The molecule has 3 aliphatic rings. The highest BCUT2D eigenvalue weighted by atomic mass is 16.3. The molecule has 0 saturated heterocycles. The van der Waals surface area contributed by atoms with Crippen molar-refractivity contribution in [2.24, 2.45) is 23.2 Å². The first-order valence-electron chi connectivity index (χ1n) is 12.2. The first kappa shape index (κ1) is 23.8. The van der Waals surface area contributed by atoms with Crippen LogP contribution in [0.3, 0.4) is 0 Å². The van der Waals surface area contributed by atoms with E-state index < -0.39 is 17.8 Å². The van der Waals surface area contributed by atoms with Crippen molar-refractivity contribution in [2.75, 3.05) is 0 Å². The standard InChI is InChI=1S/C27H44O3/c1-18(8-6-14-26(3,4)30)23-12-13-24-20(9-7-15-27(23,24)5)10-11-21-16-22(28)17-25(29)19(21)2/h10-11,18,22-25,28-30H,2,6-9,12-17H2,1,3-5H3/b20-10+,21-11?/t18-,22+,23-,24+,25+,27-/m1/s1. The molecule has 170 valence electrons. The van der Waals surface area contributed by atoms with Crippen LogP contribution in [-0.4, -0.2) is 33.1 Å². The quantitative estimate of drug-likeness (QED) is 0.520. The van der Waals surface area contributed by atoms with E-state index in [1.807, 2.05) is 13.8 Å². The Hall–Kier alpha value is -0.900. The molecule has 0 aliphatic heterocycles. The topological polar surface area (TPSA) is 60.7 Å². The van der Waals surface area contributed by atoms with Gasteiger partial charge >= 0.3 is 0 Å². The maximum absolute atomic E-state index is 10.1. The van der Waals surface area contributed by atoms with Gasteiger partial charge in [0.05, 0.1) is 17.8 Å². The van der Waals surface area contributed by atoms with Crippen LogP contribution in [0.25, 0.3) is 0 Å². The van der Waals surface area contributed by atoms with Crippen LogP contribution >= 0.6 is 0 Å². The predicted molar refractivity (Wildman–Crippen MR) is 124 cm³/mol. The first-order chi connectivity index (χ1) is 14.0. The van der Waals surface area contributed by atoms with Crippen LogP contribution in [0.2, 0.25) is 0 Å². The summed E-state index contributed by atoms with van der Waals surface area (Å²) in [5.41, 5.74) is 3.17. The lowest BCUT2D eigenvalue weighted by atomic mass is 9.60. The number of aliphatic hydroxyl groups excluding tert-OH is 2. The highest BCUT2D eigenvalue weighted by Gasteiger charge is 2.50. The second-order valence-corrected chi connectivity index (χ2v) is 11.3. The Kier molecular flexibility index (Phi) is 7.37. The number of hydrogen-bond acceptors (Lipinski definition) is 3.